The third-order valence-corrected chi connectivity index (χ3v) is 7.01. The zero-order valence-electron chi connectivity index (χ0n) is 18.9. The van der Waals surface area contributed by atoms with E-state index in [1.165, 1.54) is 4.90 Å². The van der Waals surface area contributed by atoms with Gasteiger partial charge in [0.25, 0.3) is 17.7 Å². The van der Waals surface area contributed by atoms with Crippen LogP contribution in [0.15, 0.2) is 18.2 Å². The Hall–Kier alpha value is -2.70. The Morgan fingerprint density at radius 1 is 0.969 bits per heavy atom. The average molecular weight is 440 g/mol. The predicted molar refractivity (Wildman–Crippen MR) is 120 cm³/mol. The molecule has 32 heavy (non-hydrogen) atoms. The van der Waals surface area contributed by atoms with Crippen LogP contribution in [0.5, 0.6) is 0 Å². The van der Waals surface area contributed by atoms with Crippen molar-refractivity contribution in [3.8, 4) is 0 Å². The van der Waals surface area contributed by atoms with Crippen molar-refractivity contribution in [1.29, 1.82) is 0 Å². The number of carbonyl (C=O) groups is 4. The molecule has 1 aliphatic carbocycles. The zero-order chi connectivity index (χ0) is 22.7. The summed E-state index contributed by atoms with van der Waals surface area (Å²) < 4.78 is 0. The summed E-state index contributed by atoms with van der Waals surface area (Å²) in [6.45, 7) is 3.19. The van der Waals surface area contributed by atoms with Crippen molar-refractivity contribution in [3.05, 3.63) is 34.9 Å². The average Bonchev–Trinajstić information content (AvgIpc) is 3.07. The predicted octanol–water partition coefficient (Wildman–Crippen LogP) is 3.53. The van der Waals surface area contributed by atoms with Gasteiger partial charge in [0.1, 0.15) is 0 Å². The molecule has 4 rings (SSSR count). The molecule has 1 N–H and O–H groups in total. The van der Waals surface area contributed by atoms with Crippen molar-refractivity contribution < 1.29 is 19.2 Å². The fraction of sp³-hybridized carbons (Fsp3) is 0.600. The number of nitrogens with one attached hydrogen (secondary N) is 1. The quantitative estimate of drug-likeness (QED) is 0.687. The molecule has 0 spiro atoms. The van der Waals surface area contributed by atoms with E-state index in [1.807, 2.05) is 0 Å². The van der Waals surface area contributed by atoms with Crippen LogP contribution >= 0.6 is 0 Å². The third-order valence-electron chi connectivity index (χ3n) is 7.01. The lowest BCUT2D eigenvalue weighted by Crippen LogP contribution is -2.46. The molecule has 1 aromatic rings. The van der Waals surface area contributed by atoms with E-state index >= 15 is 0 Å². The number of likely N-dealkylation sites (tertiary alicyclic amines) is 1. The maximum Gasteiger partial charge on any atom is 0.261 e. The minimum Gasteiger partial charge on any atom is -0.353 e. The van der Waals surface area contributed by atoms with Crippen molar-refractivity contribution in [2.24, 2.45) is 0 Å². The van der Waals surface area contributed by atoms with Crippen LogP contribution in [0.2, 0.25) is 0 Å². The molecular weight excluding hydrogens is 406 g/mol. The van der Waals surface area contributed by atoms with Gasteiger partial charge in [-0.1, -0.05) is 32.6 Å². The number of imide groups is 1. The molecule has 172 valence electrons. The number of fused-ring (bicyclic) bond motifs is 1. The highest BCUT2D eigenvalue weighted by Crippen LogP contribution is 2.31. The largest absolute Gasteiger partial charge is 0.353 e. The van der Waals surface area contributed by atoms with E-state index < -0.39 is 0 Å². The van der Waals surface area contributed by atoms with Gasteiger partial charge in [-0.3, -0.25) is 24.1 Å². The number of benzene rings is 1. The topological polar surface area (TPSA) is 86.8 Å². The van der Waals surface area contributed by atoms with E-state index in [9.17, 15) is 19.2 Å². The maximum absolute atomic E-state index is 13.1. The van der Waals surface area contributed by atoms with Crippen LogP contribution in [-0.2, 0) is 4.79 Å². The minimum atomic E-state index is -0.264. The highest BCUT2D eigenvalue weighted by molar-refractivity contribution is 6.22. The molecule has 0 radical (unpaired) electrons. The molecular formula is C25H33N3O4. The standard InChI is InChI=1S/C25H33N3O4/c1-2-3-9-22(29)26-18-12-14-27(15-13-18)23(30)17-10-11-20-21(16-17)25(32)28(24(20)31)19-7-5-4-6-8-19/h10-11,16,18-19H,2-9,12-15H2,1H3,(H,26,29). The Balaban J connectivity index is 1.38. The molecule has 0 bridgehead atoms. The summed E-state index contributed by atoms with van der Waals surface area (Å²) in [5.41, 5.74) is 1.20. The molecule has 1 saturated carbocycles. The Morgan fingerprint density at radius 3 is 2.34 bits per heavy atom. The second-order valence-electron chi connectivity index (χ2n) is 9.27. The maximum atomic E-state index is 13.1. The highest BCUT2D eigenvalue weighted by atomic mass is 16.2. The lowest BCUT2D eigenvalue weighted by Gasteiger charge is -2.32. The lowest BCUT2D eigenvalue weighted by molar-refractivity contribution is -0.122. The van der Waals surface area contributed by atoms with Crippen molar-refractivity contribution in [2.45, 2.75) is 83.2 Å². The lowest BCUT2D eigenvalue weighted by atomic mass is 9.94. The molecule has 2 heterocycles. The van der Waals surface area contributed by atoms with Crippen LogP contribution < -0.4 is 5.32 Å². The number of hydrogen-bond acceptors (Lipinski definition) is 4. The first-order valence-electron chi connectivity index (χ1n) is 12.1. The number of hydrogen-bond donors (Lipinski definition) is 1. The van der Waals surface area contributed by atoms with Crippen molar-refractivity contribution in [1.82, 2.24) is 15.1 Å². The second-order valence-corrected chi connectivity index (χ2v) is 9.27. The van der Waals surface area contributed by atoms with Crippen molar-refractivity contribution in [3.63, 3.8) is 0 Å². The van der Waals surface area contributed by atoms with E-state index in [1.54, 1.807) is 23.1 Å². The SMILES string of the molecule is CCCCC(=O)NC1CCN(C(=O)c2ccc3c(c2)C(=O)N(C2CCCCC2)C3=O)CC1. The Bertz CT molecular complexity index is 898. The smallest absolute Gasteiger partial charge is 0.261 e. The van der Waals surface area contributed by atoms with Gasteiger partial charge in [0.15, 0.2) is 0 Å². The van der Waals surface area contributed by atoms with Crippen molar-refractivity contribution >= 4 is 23.6 Å². The van der Waals surface area contributed by atoms with E-state index in [2.05, 4.69) is 12.2 Å². The first kappa shape index (κ1) is 22.5. The van der Waals surface area contributed by atoms with E-state index in [-0.39, 0.29) is 35.7 Å². The summed E-state index contributed by atoms with van der Waals surface area (Å²) in [5, 5.41) is 3.07. The van der Waals surface area contributed by atoms with Crippen LogP contribution in [0.25, 0.3) is 0 Å². The summed E-state index contributed by atoms with van der Waals surface area (Å²) in [6, 6.07) is 4.97. The van der Waals surface area contributed by atoms with Gasteiger partial charge in [-0.05, 0) is 50.3 Å². The first-order valence-corrected chi connectivity index (χ1v) is 12.1. The van der Waals surface area contributed by atoms with E-state index in [4.69, 9.17) is 0 Å². The summed E-state index contributed by atoms with van der Waals surface area (Å²) >= 11 is 0. The van der Waals surface area contributed by atoms with Crippen LogP contribution in [0, 0.1) is 0 Å². The number of amides is 4. The third kappa shape index (κ3) is 4.57. The number of nitrogens with zero attached hydrogens (tertiary/aromatic N) is 2. The molecule has 2 fully saturated rings. The van der Waals surface area contributed by atoms with E-state index in [0.717, 1.165) is 57.8 Å². The number of unbranched alkanes of at least 4 members (excludes halogenated alkanes) is 1. The molecule has 0 unspecified atom stereocenters. The van der Waals surface area contributed by atoms with Gasteiger partial charge in [-0.25, -0.2) is 0 Å². The van der Waals surface area contributed by atoms with Gasteiger partial charge in [0.2, 0.25) is 5.91 Å². The molecule has 7 nitrogen and oxygen atoms in total. The molecule has 4 amide bonds. The van der Waals surface area contributed by atoms with Crippen LogP contribution in [0.3, 0.4) is 0 Å². The fourth-order valence-corrected chi connectivity index (χ4v) is 5.11. The van der Waals surface area contributed by atoms with Crippen molar-refractivity contribution in [2.75, 3.05) is 13.1 Å². The summed E-state index contributed by atoms with van der Waals surface area (Å²) in [4.78, 5) is 54.1. The highest BCUT2D eigenvalue weighted by Gasteiger charge is 2.40. The number of carbonyl (C=O) groups excluding carboxylic acids is 4. The normalized spacial score (nSPS) is 19.9. The molecule has 0 atom stereocenters. The number of piperidine rings is 1. The molecule has 2 aliphatic heterocycles. The van der Waals surface area contributed by atoms with E-state index in [0.29, 0.717) is 36.2 Å². The summed E-state index contributed by atoms with van der Waals surface area (Å²) in [7, 11) is 0. The fourth-order valence-electron chi connectivity index (χ4n) is 5.11. The molecule has 1 saturated heterocycles. The Kier molecular flexibility index (Phi) is 6.92. The molecule has 7 heteroatoms. The van der Waals surface area contributed by atoms with Gasteiger partial charge >= 0.3 is 0 Å². The van der Waals surface area contributed by atoms with Gasteiger partial charge in [-0.2, -0.15) is 0 Å². The Morgan fingerprint density at radius 2 is 1.66 bits per heavy atom. The molecule has 1 aromatic carbocycles. The van der Waals surface area contributed by atoms with Crippen LogP contribution in [0.1, 0.15) is 102 Å². The molecule has 3 aliphatic rings. The molecule has 0 aromatic heterocycles. The van der Waals surface area contributed by atoms with Crippen LogP contribution in [0.4, 0.5) is 0 Å². The second kappa shape index (κ2) is 9.84. The summed E-state index contributed by atoms with van der Waals surface area (Å²) in [6.07, 6.45) is 8.83. The van der Waals surface area contributed by atoms with Crippen LogP contribution in [-0.4, -0.2) is 58.6 Å². The van der Waals surface area contributed by atoms with Gasteiger partial charge < -0.3 is 10.2 Å². The van der Waals surface area contributed by atoms with Gasteiger partial charge in [0, 0.05) is 37.2 Å². The number of rotatable bonds is 6. The first-order chi connectivity index (χ1) is 15.5. The summed E-state index contributed by atoms with van der Waals surface area (Å²) in [5.74, 6) is -0.531. The van der Waals surface area contributed by atoms with Gasteiger partial charge in [0.05, 0.1) is 11.1 Å². The zero-order valence-corrected chi connectivity index (χ0v) is 18.9. The Labute approximate surface area is 189 Å². The minimum absolute atomic E-state index is 0.0260. The van der Waals surface area contributed by atoms with Gasteiger partial charge in [-0.15, -0.1) is 0 Å². The monoisotopic (exact) mass is 439 g/mol.